The van der Waals surface area contributed by atoms with E-state index >= 15 is 0 Å². The van der Waals surface area contributed by atoms with Gasteiger partial charge in [-0.15, -0.1) is 11.3 Å². The summed E-state index contributed by atoms with van der Waals surface area (Å²) in [4.78, 5) is 68.0. The molecule has 15 heteroatoms. The summed E-state index contributed by atoms with van der Waals surface area (Å²) in [6.45, 7) is 13.5. The van der Waals surface area contributed by atoms with Crippen LogP contribution in [-0.2, 0) is 30.4 Å². The lowest BCUT2D eigenvalue weighted by Crippen LogP contribution is -2.59. The molecule has 0 radical (unpaired) electrons. The van der Waals surface area contributed by atoms with Crippen LogP contribution in [-0.4, -0.2) is 80.0 Å². The minimum Gasteiger partial charge on any atom is -0.456 e. The van der Waals surface area contributed by atoms with Gasteiger partial charge in [-0.3, -0.25) is 14.4 Å². The number of nitrogens with zero attached hydrogens (tertiary/aromatic N) is 1. The zero-order valence-electron chi connectivity index (χ0n) is 26.5. The number of allylic oxidation sites excluding steroid dienone is 1. The van der Waals surface area contributed by atoms with Crippen LogP contribution in [0.15, 0.2) is 17.5 Å². The first-order valence-electron chi connectivity index (χ1n) is 14.3. The summed E-state index contributed by atoms with van der Waals surface area (Å²) in [6, 6.07) is -1.66. The number of thiol groups is 1. The molecule has 0 aliphatic carbocycles. The SMILES string of the molecule is CC(C)[C@@H]1NC(=O)C(C)(C)NC(=O)c2csc(n2)CNC(=O)C[C@@H](/C=C/CC/[SH]=C(/O)[C@@H](C)NC(=O)OC(C)(C)C)OC1=O. The van der Waals surface area contributed by atoms with Gasteiger partial charge in [-0.05, 0) is 65.7 Å². The summed E-state index contributed by atoms with van der Waals surface area (Å²) in [7, 11) is 0. The second kappa shape index (κ2) is 16.1. The Balaban J connectivity index is 2.16. The van der Waals surface area contributed by atoms with E-state index in [-0.39, 0.29) is 29.6 Å². The van der Waals surface area contributed by atoms with Gasteiger partial charge in [0.1, 0.15) is 34.0 Å². The number of carbonyl (C=O) groups excluding carboxylic acids is 5. The summed E-state index contributed by atoms with van der Waals surface area (Å²) in [5.41, 5.74) is -1.90. The summed E-state index contributed by atoms with van der Waals surface area (Å²) in [6.07, 6.45) is 2.06. The molecule has 0 fully saturated rings. The highest BCUT2D eigenvalue weighted by atomic mass is 32.1. The Bertz CT molecular complexity index is 1270. The van der Waals surface area contributed by atoms with E-state index in [1.165, 1.54) is 25.2 Å². The Kier molecular flexibility index (Phi) is 13.5. The summed E-state index contributed by atoms with van der Waals surface area (Å²) >= 11 is 1.77. The molecule has 0 aromatic carbocycles. The monoisotopic (exact) mass is 655 g/mol. The van der Waals surface area contributed by atoms with E-state index in [2.05, 4.69) is 26.3 Å². The number of esters is 1. The predicted octanol–water partition coefficient (Wildman–Crippen LogP) is 2.74. The van der Waals surface area contributed by atoms with Crippen LogP contribution in [0.4, 0.5) is 4.79 Å². The average Bonchev–Trinajstić information content (AvgIpc) is 3.37. The lowest BCUT2D eigenvalue weighted by Gasteiger charge is -2.29. The van der Waals surface area contributed by atoms with Gasteiger partial charge in [0.15, 0.2) is 0 Å². The number of aromatic nitrogens is 1. The Labute approximate surface area is 265 Å². The van der Waals surface area contributed by atoms with Gasteiger partial charge in [-0.1, -0.05) is 19.9 Å². The van der Waals surface area contributed by atoms with Crippen LogP contribution in [0.1, 0.15) is 83.7 Å². The summed E-state index contributed by atoms with van der Waals surface area (Å²) in [5, 5.41) is 23.1. The Morgan fingerprint density at radius 2 is 1.95 bits per heavy atom. The summed E-state index contributed by atoms with van der Waals surface area (Å²) < 4.78 is 10.9. The molecule has 1 aromatic rings. The molecule has 0 saturated heterocycles. The first kappa shape index (κ1) is 36.9. The number of nitrogens with one attached hydrogen (secondary N) is 4. The van der Waals surface area contributed by atoms with Crippen molar-refractivity contribution in [1.29, 1.82) is 0 Å². The molecule has 44 heavy (non-hydrogen) atoms. The zero-order chi connectivity index (χ0) is 33.2. The van der Waals surface area contributed by atoms with E-state index < -0.39 is 59.1 Å². The predicted molar refractivity (Wildman–Crippen MR) is 171 cm³/mol. The highest BCUT2D eigenvalue weighted by molar-refractivity contribution is 7.98. The molecule has 2 rings (SSSR count). The lowest BCUT2D eigenvalue weighted by molar-refractivity contribution is -0.153. The molecule has 1 aromatic heterocycles. The van der Waals surface area contributed by atoms with Crippen LogP contribution in [0.2, 0.25) is 0 Å². The second-order valence-electron chi connectivity index (χ2n) is 12.2. The number of fused-ring (bicyclic) bond motifs is 2. The van der Waals surface area contributed by atoms with Crippen LogP contribution in [0.3, 0.4) is 0 Å². The molecule has 4 amide bonds. The number of carbonyl (C=O) groups is 5. The van der Waals surface area contributed by atoms with Gasteiger partial charge in [0.2, 0.25) is 11.8 Å². The zero-order valence-corrected chi connectivity index (χ0v) is 28.2. The molecular formula is C29H45N5O8S2. The number of hydrogen-bond acceptors (Lipinski definition) is 9. The summed E-state index contributed by atoms with van der Waals surface area (Å²) in [5.74, 6) is -2.13. The number of hydrogen-bond donors (Lipinski definition) is 6. The minimum absolute atomic E-state index is 0.0553. The molecule has 0 saturated carbocycles. The third-order valence-electron chi connectivity index (χ3n) is 6.12. The van der Waals surface area contributed by atoms with Gasteiger partial charge in [0.05, 0.1) is 24.1 Å². The fraction of sp³-hybridized carbons (Fsp3) is 0.621. The molecule has 13 nitrogen and oxygen atoms in total. The van der Waals surface area contributed by atoms with Gasteiger partial charge < -0.3 is 35.8 Å². The number of thiazole rings is 1. The van der Waals surface area contributed by atoms with Crippen molar-refractivity contribution in [3.63, 3.8) is 0 Å². The van der Waals surface area contributed by atoms with E-state index in [0.717, 1.165) is 0 Å². The first-order chi connectivity index (χ1) is 20.4. The van der Waals surface area contributed by atoms with E-state index in [1.807, 2.05) is 0 Å². The standard InChI is InChI=1S/C29H45N5O8S2/c1-16(2)22-24(37)41-18(11-9-10-12-43-25(38)17(3)31-27(40)42-28(4,5)6)13-20(35)30-14-21-32-19(15-44-21)23(36)34-29(7,8)26(39)33-22/h9,11,15-18,22,38,43H,10,12-14H2,1-8H3,(H,30,35)(H,31,40)(H,33,39)(H,34,36)/b11-9+/t17-,18-,22+/m1/s1. The van der Waals surface area contributed by atoms with Gasteiger partial charge >= 0.3 is 12.1 Å². The normalized spacial score (nSPS) is 21.5. The molecule has 1 aliphatic heterocycles. The van der Waals surface area contributed by atoms with Crippen LogP contribution < -0.4 is 21.3 Å². The quantitative estimate of drug-likeness (QED) is 0.0845. The van der Waals surface area contributed by atoms with E-state index in [9.17, 15) is 29.1 Å². The molecule has 2 heterocycles. The van der Waals surface area contributed by atoms with E-state index in [0.29, 0.717) is 28.5 Å². The largest absolute Gasteiger partial charge is 0.456 e. The third-order valence-corrected chi connectivity index (χ3v) is 8.16. The number of cyclic esters (lactones) is 1. The Hall–Kier alpha value is -3.30. The molecule has 3 atom stereocenters. The van der Waals surface area contributed by atoms with Gasteiger partial charge in [0, 0.05) is 5.38 Å². The average molecular weight is 656 g/mol. The molecule has 0 spiro atoms. The number of amides is 4. The van der Waals surface area contributed by atoms with Crippen molar-refractivity contribution in [3.05, 3.63) is 28.2 Å². The molecule has 246 valence electrons. The van der Waals surface area contributed by atoms with Crippen LogP contribution >= 0.6 is 22.7 Å². The maximum Gasteiger partial charge on any atom is 0.408 e. The highest BCUT2D eigenvalue weighted by Crippen LogP contribution is 2.15. The molecule has 1 aliphatic rings. The van der Waals surface area contributed by atoms with Gasteiger partial charge in [-0.25, -0.2) is 14.6 Å². The number of aliphatic hydroxyl groups is 1. The Morgan fingerprint density at radius 3 is 2.59 bits per heavy atom. The van der Waals surface area contributed by atoms with E-state index in [4.69, 9.17) is 9.47 Å². The van der Waals surface area contributed by atoms with E-state index in [1.54, 1.807) is 59.1 Å². The molecule has 0 unspecified atom stereocenters. The first-order valence-corrected chi connectivity index (χ1v) is 16.3. The third kappa shape index (κ3) is 12.4. The van der Waals surface area contributed by atoms with Crippen molar-refractivity contribution < 1.29 is 38.6 Å². The second-order valence-corrected chi connectivity index (χ2v) is 14.3. The highest BCUT2D eigenvalue weighted by Gasteiger charge is 2.36. The van der Waals surface area contributed by atoms with Gasteiger partial charge in [0.25, 0.3) is 5.91 Å². The fourth-order valence-electron chi connectivity index (χ4n) is 3.71. The molecule has 2 bridgehead atoms. The smallest absolute Gasteiger partial charge is 0.408 e. The minimum atomic E-state index is -1.36. The van der Waals surface area contributed by atoms with Crippen molar-refractivity contribution in [2.45, 2.75) is 104 Å². The van der Waals surface area contributed by atoms with Crippen molar-refractivity contribution >= 4 is 57.5 Å². The van der Waals surface area contributed by atoms with Crippen molar-refractivity contribution in [2.24, 2.45) is 5.92 Å². The maximum atomic E-state index is 13.2. The van der Waals surface area contributed by atoms with Gasteiger partial charge in [-0.2, -0.15) is 11.4 Å². The van der Waals surface area contributed by atoms with Crippen molar-refractivity contribution in [3.8, 4) is 0 Å². The Morgan fingerprint density at radius 1 is 1.27 bits per heavy atom. The van der Waals surface area contributed by atoms with Crippen molar-refractivity contribution in [2.75, 3.05) is 5.75 Å². The van der Waals surface area contributed by atoms with Crippen LogP contribution in [0.25, 0.3) is 0 Å². The lowest BCUT2D eigenvalue weighted by atomic mass is 9.99. The van der Waals surface area contributed by atoms with Crippen LogP contribution in [0.5, 0.6) is 0 Å². The van der Waals surface area contributed by atoms with Crippen LogP contribution in [0, 0.1) is 5.92 Å². The topological polar surface area (TPSA) is 185 Å². The number of aliphatic hydroxyl groups excluding tert-OH is 1. The molecular weight excluding hydrogens is 610 g/mol. The number of ether oxygens (including phenoxy) is 2. The fourth-order valence-corrected chi connectivity index (χ4v) is 5.27. The maximum absolute atomic E-state index is 13.2. The number of alkyl carbamates (subject to hydrolysis) is 1. The number of rotatable bonds is 7. The van der Waals surface area contributed by atoms with Crippen molar-refractivity contribution in [1.82, 2.24) is 26.3 Å². The molecule has 5 N–H and O–H groups in total.